The van der Waals surface area contributed by atoms with Gasteiger partial charge in [-0.1, -0.05) is 35.9 Å². The summed E-state index contributed by atoms with van der Waals surface area (Å²) in [5.41, 5.74) is 7.62. The first kappa shape index (κ1) is 15.6. The van der Waals surface area contributed by atoms with Gasteiger partial charge in [-0.05, 0) is 41.5 Å². The van der Waals surface area contributed by atoms with E-state index in [9.17, 15) is 8.42 Å². The topological polar surface area (TPSA) is 72.2 Å². The van der Waals surface area contributed by atoms with Crippen molar-refractivity contribution in [3.63, 3.8) is 0 Å². The maximum atomic E-state index is 12.0. The van der Waals surface area contributed by atoms with Crippen molar-refractivity contribution in [3.8, 4) is 0 Å². The van der Waals surface area contributed by atoms with Gasteiger partial charge in [0.15, 0.2) is 0 Å². The van der Waals surface area contributed by atoms with Crippen molar-refractivity contribution in [2.45, 2.75) is 6.54 Å². The van der Waals surface area contributed by atoms with Gasteiger partial charge in [-0.15, -0.1) is 0 Å². The predicted molar refractivity (Wildman–Crippen MR) is 87.4 cm³/mol. The molecule has 0 saturated carbocycles. The number of nitrogens with two attached hydrogens (primary N) is 1. The maximum Gasteiger partial charge on any atom is 0.255 e. The number of benzene rings is 2. The Kier molecular flexibility index (Phi) is 5.01. The lowest BCUT2D eigenvalue weighted by molar-refractivity contribution is 0.609. The SMILES string of the molecule is NCc1cccc(NS(=O)(=O)C=Cc2ccc(Cl)cc2)c1. The van der Waals surface area contributed by atoms with Crippen LogP contribution in [0.15, 0.2) is 53.9 Å². The monoisotopic (exact) mass is 322 g/mol. The highest BCUT2D eigenvalue weighted by atomic mass is 35.5. The molecule has 0 aliphatic rings. The number of halogens is 1. The minimum atomic E-state index is -3.57. The summed E-state index contributed by atoms with van der Waals surface area (Å²) in [6.07, 6.45) is 1.51. The van der Waals surface area contributed by atoms with Gasteiger partial charge in [0.1, 0.15) is 0 Å². The molecule has 0 saturated heterocycles. The Labute approximate surface area is 129 Å². The summed E-state index contributed by atoms with van der Waals surface area (Å²) >= 11 is 5.77. The molecular formula is C15H15ClN2O2S. The molecule has 2 aromatic carbocycles. The quantitative estimate of drug-likeness (QED) is 0.887. The molecule has 0 atom stereocenters. The molecule has 0 aliphatic heterocycles. The molecule has 2 aromatic rings. The van der Waals surface area contributed by atoms with E-state index in [0.29, 0.717) is 17.3 Å². The van der Waals surface area contributed by atoms with Crippen LogP contribution in [0, 0.1) is 0 Å². The summed E-state index contributed by atoms with van der Waals surface area (Å²) in [4.78, 5) is 0. The van der Waals surface area contributed by atoms with Gasteiger partial charge in [0, 0.05) is 17.3 Å². The van der Waals surface area contributed by atoms with Gasteiger partial charge in [-0.2, -0.15) is 0 Å². The van der Waals surface area contributed by atoms with Crippen LogP contribution in [-0.2, 0) is 16.6 Å². The molecule has 0 fully saturated rings. The van der Waals surface area contributed by atoms with Gasteiger partial charge in [-0.25, -0.2) is 8.42 Å². The molecule has 110 valence electrons. The van der Waals surface area contributed by atoms with E-state index in [-0.39, 0.29) is 0 Å². The van der Waals surface area contributed by atoms with Crippen LogP contribution >= 0.6 is 11.6 Å². The Morgan fingerprint density at radius 3 is 2.52 bits per heavy atom. The van der Waals surface area contributed by atoms with Crippen LogP contribution in [0.3, 0.4) is 0 Å². The second kappa shape index (κ2) is 6.76. The molecule has 0 radical (unpaired) electrons. The highest BCUT2D eigenvalue weighted by Crippen LogP contribution is 2.14. The second-order valence-electron chi connectivity index (χ2n) is 4.41. The fraction of sp³-hybridized carbons (Fsp3) is 0.0667. The average molecular weight is 323 g/mol. The molecule has 0 aromatic heterocycles. The van der Waals surface area contributed by atoms with Crippen molar-refractivity contribution in [2.24, 2.45) is 5.73 Å². The molecule has 3 N–H and O–H groups in total. The zero-order chi connectivity index (χ0) is 15.3. The van der Waals surface area contributed by atoms with Gasteiger partial charge in [0.25, 0.3) is 10.0 Å². The minimum Gasteiger partial charge on any atom is -0.326 e. The molecule has 21 heavy (non-hydrogen) atoms. The maximum absolute atomic E-state index is 12.0. The van der Waals surface area contributed by atoms with Crippen LogP contribution in [0.2, 0.25) is 5.02 Å². The van der Waals surface area contributed by atoms with E-state index in [1.54, 1.807) is 42.5 Å². The summed E-state index contributed by atoms with van der Waals surface area (Å²) in [6.45, 7) is 0.357. The number of nitrogens with one attached hydrogen (secondary N) is 1. The molecule has 4 nitrogen and oxygen atoms in total. The van der Waals surface area contributed by atoms with Crippen LogP contribution in [0.25, 0.3) is 6.08 Å². The first-order valence-electron chi connectivity index (χ1n) is 6.24. The number of sulfonamides is 1. The first-order chi connectivity index (χ1) is 9.98. The lowest BCUT2D eigenvalue weighted by Crippen LogP contribution is -2.09. The summed E-state index contributed by atoms with van der Waals surface area (Å²) in [5.74, 6) is 0. The van der Waals surface area contributed by atoms with Crippen molar-refractivity contribution in [1.82, 2.24) is 0 Å². The Balaban J connectivity index is 2.12. The van der Waals surface area contributed by atoms with Gasteiger partial charge >= 0.3 is 0 Å². The highest BCUT2D eigenvalue weighted by molar-refractivity contribution is 7.95. The summed E-state index contributed by atoms with van der Waals surface area (Å²) in [6, 6.07) is 13.8. The number of hydrogen-bond acceptors (Lipinski definition) is 3. The smallest absolute Gasteiger partial charge is 0.255 e. The van der Waals surface area contributed by atoms with Crippen LogP contribution < -0.4 is 10.5 Å². The van der Waals surface area contributed by atoms with Crippen molar-refractivity contribution in [3.05, 3.63) is 70.1 Å². The third-order valence-corrected chi connectivity index (χ3v) is 4.00. The third-order valence-electron chi connectivity index (χ3n) is 2.73. The molecule has 0 spiro atoms. The number of hydrogen-bond donors (Lipinski definition) is 2. The van der Waals surface area contributed by atoms with Gasteiger partial charge < -0.3 is 5.73 Å². The predicted octanol–water partition coefficient (Wildman–Crippen LogP) is 3.21. The molecule has 0 unspecified atom stereocenters. The normalized spacial score (nSPS) is 11.7. The zero-order valence-electron chi connectivity index (χ0n) is 11.2. The fourth-order valence-electron chi connectivity index (χ4n) is 1.70. The van der Waals surface area contributed by atoms with E-state index >= 15 is 0 Å². The molecular weight excluding hydrogens is 308 g/mol. The van der Waals surface area contributed by atoms with E-state index in [1.165, 1.54) is 6.08 Å². The Morgan fingerprint density at radius 1 is 1.14 bits per heavy atom. The minimum absolute atomic E-state index is 0.357. The van der Waals surface area contributed by atoms with Crippen molar-refractivity contribution < 1.29 is 8.42 Å². The fourth-order valence-corrected chi connectivity index (χ4v) is 2.69. The zero-order valence-corrected chi connectivity index (χ0v) is 12.7. The van der Waals surface area contributed by atoms with Gasteiger partial charge in [0.2, 0.25) is 0 Å². The highest BCUT2D eigenvalue weighted by Gasteiger charge is 2.05. The lowest BCUT2D eigenvalue weighted by atomic mass is 10.2. The Hall–Kier alpha value is -1.82. The van der Waals surface area contributed by atoms with E-state index in [1.807, 2.05) is 6.07 Å². The van der Waals surface area contributed by atoms with E-state index < -0.39 is 10.0 Å². The van der Waals surface area contributed by atoms with Crippen LogP contribution in [0.1, 0.15) is 11.1 Å². The summed E-state index contributed by atoms with van der Waals surface area (Å²) < 4.78 is 26.4. The summed E-state index contributed by atoms with van der Waals surface area (Å²) in [7, 11) is -3.57. The Morgan fingerprint density at radius 2 is 1.86 bits per heavy atom. The largest absolute Gasteiger partial charge is 0.326 e. The first-order valence-corrected chi connectivity index (χ1v) is 8.16. The van der Waals surface area contributed by atoms with Crippen molar-refractivity contribution in [2.75, 3.05) is 4.72 Å². The van der Waals surface area contributed by atoms with Crippen molar-refractivity contribution in [1.29, 1.82) is 0 Å². The van der Waals surface area contributed by atoms with Crippen LogP contribution in [-0.4, -0.2) is 8.42 Å². The van der Waals surface area contributed by atoms with E-state index in [2.05, 4.69) is 4.72 Å². The van der Waals surface area contributed by atoms with Crippen molar-refractivity contribution >= 4 is 33.4 Å². The molecule has 0 aliphatic carbocycles. The number of anilines is 1. The lowest BCUT2D eigenvalue weighted by Gasteiger charge is -2.06. The van der Waals surface area contributed by atoms with Gasteiger partial charge in [-0.3, -0.25) is 4.72 Å². The second-order valence-corrected chi connectivity index (χ2v) is 6.41. The molecule has 6 heteroatoms. The summed E-state index contributed by atoms with van der Waals surface area (Å²) in [5, 5.41) is 1.72. The van der Waals surface area contributed by atoms with Gasteiger partial charge in [0.05, 0.1) is 5.41 Å². The molecule has 0 bridgehead atoms. The molecule has 2 rings (SSSR count). The van der Waals surface area contributed by atoms with Crippen LogP contribution in [0.5, 0.6) is 0 Å². The van der Waals surface area contributed by atoms with E-state index in [0.717, 1.165) is 16.5 Å². The molecule has 0 heterocycles. The van der Waals surface area contributed by atoms with Crippen LogP contribution in [0.4, 0.5) is 5.69 Å². The molecule has 0 amide bonds. The Bertz CT molecular complexity index is 741. The third kappa shape index (κ3) is 4.90. The standard InChI is InChI=1S/C15H15ClN2O2S/c16-14-6-4-12(5-7-14)8-9-21(19,20)18-15-3-1-2-13(10-15)11-17/h1-10,18H,11,17H2. The number of rotatable bonds is 5. The van der Waals surface area contributed by atoms with E-state index in [4.69, 9.17) is 17.3 Å². The average Bonchev–Trinajstić information content (AvgIpc) is 2.46.